The first-order chi connectivity index (χ1) is 12.6. The summed E-state index contributed by atoms with van der Waals surface area (Å²) in [5.41, 5.74) is 1.96. The minimum atomic E-state index is -0.0805. The third-order valence-corrected chi connectivity index (χ3v) is 4.96. The van der Waals surface area contributed by atoms with Crippen LogP contribution in [-0.2, 0) is 11.2 Å². The van der Waals surface area contributed by atoms with Crippen LogP contribution in [0.4, 0.5) is 4.79 Å². The Morgan fingerprint density at radius 1 is 1.19 bits per heavy atom. The molecule has 0 saturated carbocycles. The first-order valence-electron chi connectivity index (χ1n) is 9.79. The monoisotopic (exact) mass is 360 g/mol. The van der Waals surface area contributed by atoms with Gasteiger partial charge in [0.2, 0.25) is 5.91 Å². The van der Waals surface area contributed by atoms with Gasteiger partial charge in [-0.05, 0) is 50.7 Å². The number of amides is 3. The highest BCUT2D eigenvalue weighted by atomic mass is 16.2. The second kappa shape index (κ2) is 10.8. The number of aryl methyl sites for hydroxylation is 1. The van der Waals surface area contributed by atoms with Crippen LogP contribution in [-0.4, -0.2) is 48.0 Å². The fourth-order valence-corrected chi connectivity index (χ4v) is 3.34. The molecule has 3 amide bonds. The molecule has 0 aromatic carbocycles. The number of hydrogen-bond acceptors (Lipinski definition) is 3. The predicted molar refractivity (Wildman–Crippen MR) is 103 cm³/mol. The molecule has 1 aromatic heterocycles. The number of pyridine rings is 1. The molecule has 0 atom stereocenters. The van der Waals surface area contributed by atoms with Gasteiger partial charge in [-0.15, -0.1) is 0 Å². The van der Waals surface area contributed by atoms with Crippen LogP contribution in [0.5, 0.6) is 0 Å². The van der Waals surface area contributed by atoms with Crippen LogP contribution in [0.15, 0.2) is 18.3 Å². The van der Waals surface area contributed by atoms with Gasteiger partial charge < -0.3 is 15.5 Å². The van der Waals surface area contributed by atoms with E-state index >= 15 is 0 Å². The molecule has 144 valence electrons. The average molecular weight is 361 g/mol. The van der Waals surface area contributed by atoms with E-state index in [1.165, 1.54) is 6.42 Å². The van der Waals surface area contributed by atoms with Crippen molar-refractivity contribution in [2.45, 2.75) is 52.4 Å². The average Bonchev–Trinajstić information content (AvgIpc) is 2.64. The lowest BCUT2D eigenvalue weighted by molar-refractivity contribution is -0.131. The molecular formula is C20H32N4O2. The van der Waals surface area contributed by atoms with Crippen LogP contribution in [0, 0.1) is 12.8 Å². The van der Waals surface area contributed by atoms with E-state index in [2.05, 4.69) is 15.6 Å². The van der Waals surface area contributed by atoms with Gasteiger partial charge in [0.1, 0.15) is 0 Å². The fourth-order valence-electron chi connectivity index (χ4n) is 3.34. The lowest BCUT2D eigenvalue weighted by Gasteiger charge is -2.32. The summed E-state index contributed by atoms with van der Waals surface area (Å²) in [5, 5.41) is 5.59. The molecule has 0 bridgehead atoms. The van der Waals surface area contributed by atoms with E-state index < -0.39 is 0 Å². The largest absolute Gasteiger partial charge is 0.342 e. The van der Waals surface area contributed by atoms with E-state index in [9.17, 15) is 9.59 Å². The molecule has 0 radical (unpaired) electrons. The van der Waals surface area contributed by atoms with Gasteiger partial charge in [-0.3, -0.25) is 9.78 Å². The number of likely N-dealkylation sites (tertiary alicyclic amines) is 1. The number of piperidine rings is 1. The lowest BCUT2D eigenvalue weighted by Crippen LogP contribution is -2.39. The van der Waals surface area contributed by atoms with Gasteiger partial charge in [0.15, 0.2) is 0 Å². The number of urea groups is 1. The molecule has 0 spiro atoms. The zero-order valence-electron chi connectivity index (χ0n) is 16.1. The Morgan fingerprint density at radius 3 is 2.62 bits per heavy atom. The van der Waals surface area contributed by atoms with Crippen molar-refractivity contribution in [3.63, 3.8) is 0 Å². The molecule has 1 fully saturated rings. The van der Waals surface area contributed by atoms with Crippen LogP contribution in [0.2, 0.25) is 0 Å². The number of carbonyl (C=O) groups excluding carboxylic acids is 2. The maximum absolute atomic E-state index is 12.4. The summed E-state index contributed by atoms with van der Waals surface area (Å²) in [6.45, 7) is 6.97. The van der Waals surface area contributed by atoms with E-state index in [1.807, 2.05) is 30.9 Å². The van der Waals surface area contributed by atoms with Gasteiger partial charge in [0.25, 0.3) is 0 Å². The quantitative estimate of drug-likeness (QED) is 0.700. The van der Waals surface area contributed by atoms with E-state index in [1.54, 1.807) is 6.20 Å². The van der Waals surface area contributed by atoms with Gasteiger partial charge in [-0.25, -0.2) is 4.79 Å². The van der Waals surface area contributed by atoms with Crippen molar-refractivity contribution in [3.8, 4) is 0 Å². The summed E-state index contributed by atoms with van der Waals surface area (Å²) in [7, 11) is 0. The van der Waals surface area contributed by atoms with Gasteiger partial charge in [-0.1, -0.05) is 18.9 Å². The number of nitrogens with one attached hydrogen (secondary N) is 2. The second-order valence-corrected chi connectivity index (χ2v) is 7.09. The highest BCUT2D eigenvalue weighted by Gasteiger charge is 2.22. The highest BCUT2D eigenvalue weighted by molar-refractivity contribution is 5.78. The van der Waals surface area contributed by atoms with Crippen LogP contribution in [0.25, 0.3) is 0 Å². The van der Waals surface area contributed by atoms with E-state index in [0.29, 0.717) is 18.9 Å². The molecule has 6 heteroatoms. The normalized spacial score (nSPS) is 14.9. The Balaban J connectivity index is 1.59. The molecule has 1 aliphatic rings. The molecule has 26 heavy (non-hydrogen) atoms. The number of rotatable bonds is 8. The summed E-state index contributed by atoms with van der Waals surface area (Å²) < 4.78 is 0. The van der Waals surface area contributed by atoms with Crippen molar-refractivity contribution in [2.75, 3.05) is 26.2 Å². The maximum Gasteiger partial charge on any atom is 0.314 e. The van der Waals surface area contributed by atoms with Crippen molar-refractivity contribution in [3.05, 3.63) is 29.6 Å². The number of unbranched alkanes of at least 4 members (excludes halogenated alkanes) is 1. The Bertz CT molecular complexity index is 566. The van der Waals surface area contributed by atoms with Crippen molar-refractivity contribution in [1.29, 1.82) is 0 Å². The zero-order chi connectivity index (χ0) is 18.8. The Morgan fingerprint density at radius 2 is 1.96 bits per heavy atom. The summed E-state index contributed by atoms with van der Waals surface area (Å²) in [6.07, 6.45) is 7.74. The Labute approximate surface area is 156 Å². The molecule has 6 nitrogen and oxygen atoms in total. The molecule has 2 heterocycles. The Hall–Kier alpha value is -2.11. The maximum atomic E-state index is 12.4. The standard InChI is InChI=1S/C20H32N4O2/c1-3-21-20(26)22-11-5-4-6-17-9-12-24(13-10-17)19(25)14-18-8-7-16(2)23-15-18/h7-8,15,17H,3-6,9-14H2,1-2H3,(H2,21,22,26). The number of nitrogens with zero attached hydrogens (tertiary/aromatic N) is 2. The molecule has 1 aliphatic heterocycles. The molecular weight excluding hydrogens is 328 g/mol. The number of carbonyl (C=O) groups is 2. The summed E-state index contributed by atoms with van der Waals surface area (Å²) in [4.78, 5) is 30.0. The number of hydrogen-bond donors (Lipinski definition) is 2. The van der Waals surface area contributed by atoms with Crippen molar-refractivity contribution in [1.82, 2.24) is 20.5 Å². The molecule has 1 aromatic rings. The minimum Gasteiger partial charge on any atom is -0.342 e. The van der Waals surface area contributed by atoms with E-state index in [4.69, 9.17) is 0 Å². The van der Waals surface area contributed by atoms with Gasteiger partial charge in [-0.2, -0.15) is 0 Å². The highest BCUT2D eigenvalue weighted by Crippen LogP contribution is 2.23. The summed E-state index contributed by atoms with van der Waals surface area (Å²) in [5.74, 6) is 0.907. The first kappa shape index (κ1) is 20.2. The third-order valence-electron chi connectivity index (χ3n) is 4.96. The minimum absolute atomic E-state index is 0.0805. The SMILES string of the molecule is CCNC(=O)NCCCCC1CCN(C(=O)Cc2ccc(C)nc2)CC1. The third kappa shape index (κ3) is 7.02. The Kier molecular flexibility index (Phi) is 8.38. The van der Waals surface area contributed by atoms with Crippen LogP contribution in [0.3, 0.4) is 0 Å². The topological polar surface area (TPSA) is 74.3 Å². The molecule has 2 N–H and O–H groups in total. The van der Waals surface area contributed by atoms with Crippen molar-refractivity contribution in [2.24, 2.45) is 5.92 Å². The summed E-state index contributed by atoms with van der Waals surface area (Å²) >= 11 is 0. The van der Waals surface area contributed by atoms with Crippen molar-refractivity contribution >= 4 is 11.9 Å². The molecule has 0 unspecified atom stereocenters. The van der Waals surface area contributed by atoms with E-state index in [-0.39, 0.29) is 11.9 Å². The summed E-state index contributed by atoms with van der Waals surface area (Å²) in [6, 6.07) is 3.86. The lowest BCUT2D eigenvalue weighted by atomic mass is 9.91. The fraction of sp³-hybridized carbons (Fsp3) is 0.650. The zero-order valence-corrected chi connectivity index (χ0v) is 16.1. The van der Waals surface area contributed by atoms with E-state index in [0.717, 1.165) is 56.6 Å². The van der Waals surface area contributed by atoms with Crippen molar-refractivity contribution < 1.29 is 9.59 Å². The smallest absolute Gasteiger partial charge is 0.314 e. The number of aromatic nitrogens is 1. The van der Waals surface area contributed by atoms with Gasteiger partial charge in [0, 0.05) is 38.1 Å². The van der Waals surface area contributed by atoms with Crippen LogP contribution >= 0.6 is 0 Å². The molecule has 1 saturated heterocycles. The van der Waals surface area contributed by atoms with Crippen LogP contribution in [0.1, 0.15) is 50.3 Å². The second-order valence-electron chi connectivity index (χ2n) is 7.09. The predicted octanol–water partition coefficient (Wildman–Crippen LogP) is 2.66. The molecule has 0 aliphatic carbocycles. The first-order valence-corrected chi connectivity index (χ1v) is 9.79. The molecule has 2 rings (SSSR count). The van der Waals surface area contributed by atoms with Gasteiger partial charge in [0.05, 0.1) is 6.42 Å². The van der Waals surface area contributed by atoms with Gasteiger partial charge >= 0.3 is 6.03 Å². The van der Waals surface area contributed by atoms with Crippen LogP contribution < -0.4 is 10.6 Å².